The second-order valence-electron chi connectivity index (χ2n) is 3.93. The van der Waals surface area contributed by atoms with E-state index in [0.29, 0.717) is 0 Å². The number of hydrogen-bond acceptors (Lipinski definition) is 4. The third-order valence-corrected chi connectivity index (χ3v) is 7.97. The predicted molar refractivity (Wildman–Crippen MR) is 81.7 cm³/mol. The van der Waals surface area contributed by atoms with Gasteiger partial charge < -0.3 is 0 Å². The molecule has 0 atom stereocenters. The van der Waals surface area contributed by atoms with E-state index < -0.39 is 41.8 Å². The van der Waals surface area contributed by atoms with E-state index in [2.05, 4.69) is 12.4 Å². The van der Waals surface area contributed by atoms with Gasteiger partial charge in [0.1, 0.15) is 0 Å². The minimum atomic E-state index is -5.77. The van der Waals surface area contributed by atoms with E-state index in [1.54, 1.807) is 6.07 Å². The summed E-state index contributed by atoms with van der Waals surface area (Å²) in [6.07, 6.45) is 0. The van der Waals surface area contributed by atoms with E-state index in [-0.39, 0.29) is 3.57 Å². The van der Waals surface area contributed by atoms with Gasteiger partial charge in [-0.3, -0.25) is 0 Å². The Morgan fingerprint density at radius 2 is 1.77 bits per heavy atom. The van der Waals surface area contributed by atoms with Gasteiger partial charge >= 0.3 is 133 Å². The van der Waals surface area contributed by atoms with Crippen LogP contribution in [-0.2, 0) is 17.4 Å². The van der Waals surface area contributed by atoms with Crippen molar-refractivity contribution in [1.82, 2.24) is 4.90 Å². The zero-order valence-corrected chi connectivity index (χ0v) is 14.4. The van der Waals surface area contributed by atoms with Gasteiger partial charge in [-0.2, -0.15) is 0 Å². The first-order valence-corrected chi connectivity index (χ1v) is 9.98. The Morgan fingerprint density at radius 3 is 2.23 bits per heavy atom. The van der Waals surface area contributed by atoms with Crippen LogP contribution in [0.1, 0.15) is 0 Å². The first kappa shape index (κ1) is 18.7. The monoisotopic (exact) mass is 449 g/mol. The molecule has 1 aromatic rings. The molecule has 0 bridgehead atoms. The Labute approximate surface area is 133 Å². The van der Waals surface area contributed by atoms with Crippen molar-refractivity contribution in [3.05, 3.63) is 33.9 Å². The molecule has 0 aliphatic rings. The molecule has 1 amide bonds. The van der Waals surface area contributed by atoms with Crippen molar-refractivity contribution in [2.75, 3.05) is 14.1 Å². The first-order chi connectivity index (χ1) is 10.0. The molecule has 0 aromatic heterocycles. The van der Waals surface area contributed by atoms with Crippen LogP contribution in [0.2, 0.25) is 0 Å². The zero-order valence-electron chi connectivity index (χ0n) is 11.4. The summed E-state index contributed by atoms with van der Waals surface area (Å²) in [6.45, 7) is 0. The average molecular weight is 449 g/mol. The quantitative estimate of drug-likeness (QED) is 0.404. The number of alkyl halides is 3. The van der Waals surface area contributed by atoms with Gasteiger partial charge in [0.15, 0.2) is 0 Å². The van der Waals surface area contributed by atoms with Gasteiger partial charge in [0, 0.05) is 0 Å². The summed E-state index contributed by atoms with van der Waals surface area (Å²) in [5.41, 5.74) is -5.54. The number of amides is 1. The minimum absolute atomic E-state index is 0.235. The van der Waals surface area contributed by atoms with E-state index in [4.69, 9.17) is 0 Å². The second-order valence-corrected chi connectivity index (χ2v) is 9.71. The van der Waals surface area contributed by atoms with Crippen LogP contribution in [-0.4, -0.2) is 38.8 Å². The topological polar surface area (TPSA) is 63.7 Å². The molecule has 0 fully saturated rings. The van der Waals surface area contributed by atoms with Crippen LogP contribution < -0.4 is 0 Å². The summed E-state index contributed by atoms with van der Waals surface area (Å²) in [5, 5.41) is 0. The molecule has 0 spiro atoms. The van der Waals surface area contributed by atoms with Crippen molar-refractivity contribution in [3.63, 3.8) is 0 Å². The summed E-state index contributed by atoms with van der Waals surface area (Å²) in [7, 11) is -2.95. The molecule has 0 radical (unpaired) electrons. The Bertz CT molecular complexity index is 693. The molecule has 1 aromatic carbocycles. The SMILES string of the molecule is CN(C)C(=O)C#CI(OS(=O)(=O)C(F)(F)F)c1ccccc1. The fraction of sp³-hybridized carbons (Fsp3) is 0.250. The maximum atomic E-state index is 12.4. The van der Waals surface area contributed by atoms with E-state index in [9.17, 15) is 26.4 Å². The van der Waals surface area contributed by atoms with E-state index in [1.165, 1.54) is 38.4 Å². The molecule has 0 saturated heterocycles. The van der Waals surface area contributed by atoms with Crippen molar-refractivity contribution < 1.29 is 28.9 Å². The molecule has 0 aliphatic heterocycles. The van der Waals surface area contributed by atoms with Gasteiger partial charge in [-0.05, 0) is 0 Å². The van der Waals surface area contributed by atoms with Gasteiger partial charge in [0.05, 0.1) is 0 Å². The predicted octanol–water partition coefficient (Wildman–Crippen LogP) is 2.19. The number of carbonyl (C=O) groups excluding carboxylic acids is 1. The number of benzene rings is 1. The molecule has 0 heterocycles. The van der Waals surface area contributed by atoms with Crippen molar-refractivity contribution in [2.24, 2.45) is 0 Å². The molecule has 5 nitrogen and oxygen atoms in total. The second kappa shape index (κ2) is 7.30. The molecule has 0 N–H and O–H groups in total. The Balaban J connectivity index is 3.17. The average Bonchev–Trinajstić information content (AvgIpc) is 2.42. The zero-order chi connectivity index (χ0) is 17.0. The van der Waals surface area contributed by atoms with Crippen molar-refractivity contribution in [2.45, 2.75) is 5.51 Å². The Morgan fingerprint density at radius 1 is 1.23 bits per heavy atom. The van der Waals surface area contributed by atoms with Crippen LogP contribution >= 0.6 is 20.2 Å². The van der Waals surface area contributed by atoms with Crippen LogP contribution in [0.4, 0.5) is 13.2 Å². The molecule has 1 rings (SSSR count). The van der Waals surface area contributed by atoms with Gasteiger partial charge in [-0.1, -0.05) is 0 Å². The van der Waals surface area contributed by atoms with E-state index in [0.717, 1.165) is 4.90 Å². The number of rotatable bonds is 3. The fourth-order valence-electron chi connectivity index (χ4n) is 0.950. The molecule has 0 aliphatic carbocycles. The van der Waals surface area contributed by atoms with Crippen LogP contribution in [0.3, 0.4) is 0 Å². The standard InChI is InChI=1S/C12H11F3INO4S/c1-17(2)11(18)8-9-16(10-6-4-3-5-7-10)21-22(19,20)12(13,14)15/h3-7H,1-2H3. The maximum absolute atomic E-state index is 12.4. The third kappa shape index (κ3) is 5.15. The number of halogens is 4. The molecular formula is C12H11F3INO4S. The summed E-state index contributed by atoms with van der Waals surface area (Å²) < 4.78 is 66.3. The summed E-state index contributed by atoms with van der Waals surface area (Å²) in [6, 6.07) is 7.45. The Kier molecular flexibility index (Phi) is 6.21. The van der Waals surface area contributed by atoms with Gasteiger partial charge in [-0.15, -0.1) is 0 Å². The van der Waals surface area contributed by atoms with Gasteiger partial charge in [0.2, 0.25) is 0 Å². The van der Waals surface area contributed by atoms with Crippen LogP contribution in [0.15, 0.2) is 30.3 Å². The van der Waals surface area contributed by atoms with Gasteiger partial charge in [0.25, 0.3) is 0 Å². The molecular weight excluding hydrogens is 438 g/mol. The molecule has 0 unspecified atom stereocenters. The normalized spacial score (nSPS) is 12.1. The van der Waals surface area contributed by atoms with Crippen LogP contribution in [0.5, 0.6) is 0 Å². The van der Waals surface area contributed by atoms with E-state index >= 15 is 0 Å². The summed E-state index contributed by atoms with van der Waals surface area (Å²) in [4.78, 5) is 12.5. The first-order valence-electron chi connectivity index (χ1n) is 5.54. The van der Waals surface area contributed by atoms with Crippen molar-refractivity contribution in [3.8, 4) is 9.85 Å². The van der Waals surface area contributed by atoms with E-state index in [1.807, 2.05) is 0 Å². The summed E-state index contributed by atoms with van der Waals surface area (Å²) >= 11 is -3.53. The number of nitrogens with zero attached hydrogens (tertiary/aromatic N) is 1. The molecule has 10 heteroatoms. The number of hydrogen-bond donors (Lipinski definition) is 0. The molecule has 0 saturated carbocycles. The van der Waals surface area contributed by atoms with Gasteiger partial charge in [-0.25, -0.2) is 0 Å². The van der Waals surface area contributed by atoms with Crippen LogP contribution in [0.25, 0.3) is 0 Å². The molecule has 22 heavy (non-hydrogen) atoms. The van der Waals surface area contributed by atoms with Crippen molar-refractivity contribution >= 4 is 36.3 Å². The fourth-order valence-corrected chi connectivity index (χ4v) is 6.07. The molecule has 122 valence electrons. The van der Waals surface area contributed by atoms with Crippen LogP contribution in [0, 0.1) is 13.4 Å². The third-order valence-electron chi connectivity index (χ3n) is 2.01. The number of carbonyl (C=O) groups is 1. The van der Waals surface area contributed by atoms with Crippen molar-refractivity contribution in [1.29, 1.82) is 0 Å². The Hall–Kier alpha value is -1.32. The summed E-state index contributed by atoms with van der Waals surface area (Å²) in [5.74, 6) is 1.44.